The fourth-order valence-electron chi connectivity index (χ4n) is 2.24. The van der Waals surface area contributed by atoms with Crippen LogP contribution in [0.5, 0.6) is 0 Å². The van der Waals surface area contributed by atoms with Crippen LogP contribution < -0.4 is 5.32 Å². The van der Waals surface area contributed by atoms with Gasteiger partial charge >= 0.3 is 0 Å². The number of nitrogens with one attached hydrogen (secondary N) is 1. The number of carbonyl (C=O) groups is 2. The smallest absolute Gasteiger partial charge is 0.270 e. The first-order valence-corrected chi connectivity index (χ1v) is 6.69. The fourth-order valence-corrected chi connectivity index (χ4v) is 2.24. The van der Waals surface area contributed by atoms with E-state index in [1.54, 1.807) is 29.3 Å². The van der Waals surface area contributed by atoms with Crippen molar-refractivity contribution >= 4 is 11.8 Å². The molecule has 0 unspecified atom stereocenters. The quantitative estimate of drug-likeness (QED) is 0.867. The van der Waals surface area contributed by atoms with Crippen molar-refractivity contribution in [2.75, 3.05) is 26.8 Å². The number of nitrogens with zero attached hydrogens (tertiary/aromatic N) is 2. The summed E-state index contributed by atoms with van der Waals surface area (Å²) in [6.45, 7) is 1.41. The van der Waals surface area contributed by atoms with Gasteiger partial charge in [-0.2, -0.15) is 0 Å². The number of hydrogen-bond donors (Lipinski definition) is 1. The molecule has 0 bridgehead atoms. The first-order chi connectivity index (χ1) is 9.70. The van der Waals surface area contributed by atoms with Crippen LogP contribution in [0, 0.1) is 0 Å². The molecule has 108 valence electrons. The lowest BCUT2D eigenvalue weighted by molar-refractivity contribution is -0.136. The maximum atomic E-state index is 12.0. The molecule has 1 aromatic rings. The highest BCUT2D eigenvalue weighted by molar-refractivity contribution is 5.92. The Morgan fingerprint density at radius 3 is 2.75 bits per heavy atom. The average Bonchev–Trinajstić information content (AvgIpc) is 2.49. The Hall–Kier alpha value is -1.95. The van der Waals surface area contributed by atoms with Crippen LogP contribution in [0.15, 0.2) is 24.4 Å². The normalized spacial score (nSPS) is 15.9. The highest BCUT2D eigenvalue weighted by atomic mass is 16.5. The van der Waals surface area contributed by atoms with E-state index in [9.17, 15) is 9.59 Å². The fraction of sp³-hybridized carbons (Fsp3) is 0.500. The zero-order valence-electron chi connectivity index (χ0n) is 11.5. The summed E-state index contributed by atoms with van der Waals surface area (Å²) in [6, 6.07) is 5.34. The summed E-state index contributed by atoms with van der Waals surface area (Å²) in [6.07, 6.45) is 3.11. The molecule has 0 saturated carbocycles. The highest BCUT2D eigenvalue weighted by Crippen LogP contribution is 2.11. The largest absolute Gasteiger partial charge is 0.375 e. The van der Waals surface area contributed by atoms with Gasteiger partial charge in [0.05, 0.1) is 0 Å². The van der Waals surface area contributed by atoms with Gasteiger partial charge in [-0.1, -0.05) is 6.07 Å². The summed E-state index contributed by atoms with van der Waals surface area (Å²) in [4.78, 5) is 29.4. The van der Waals surface area contributed by atoms with Crippen LogP contribution >= 0.6 is 0 Å². The van der Waals surface area contributed by atoms with Crippen LogP contribution in [0.4, 0.5) is 0 Å². The standard InChI is InChI=1S/C14H19N3O3/c1-20-10-13(18)17-8-5-11(6-9-17)16-14(19)12-4-2-3-7-15-12/h2-4,7,11H,5-6,8-10H2,1H3,(H,16,19). The van der Waals surface area contributed by atoms with Gasteiger partial charge in [0.25, 0.3) is 5.91 Å². The third-order valence-corrected chi connectivity index (χ3v) is 3.35. The van der Waals surface area contributed by atoms with Crippen molar-refractivity contribution in [1.29, 1.82) is 0 Å². The first-order valence-electron chi connectivity index (χ1n) is 6.69. The molecule has 1 saturated heterocycles. The lowest BCUT2D eigenvalue weighted by Gasteiger charge is -2.32. The molecule has 1 aliphatic rings. The topological polar surface area (TPSA) is 71.5 Å². The van der Waals surface area contributed by atoms with E-state index in [1.165, 1.54) is 7.11 Å². The molecule has 0 aliphatic carbocycles. The van der Waals surface area contributed by atoms with Crippen LogP contribution in [-0.2, 0) is 9.53 Å². The molecule has 1 aromatic heterocycles. The van der Waals surface area contributed by atoms with E-state index in [-0.39, 0.29) is 24.5 Å². The number of carbonyl (C=O) groups excluding carboxylic acids is 2. The average molecular weight is 277 g/mol. The number of hydrogen-bond acceptors (Lipinski definition) is 4. The molecule has 2 amide bonds. The zero-order chi connectivity index (χ0) is 14.4. The Morgan fingerprint density at radius 1 is 1.40 bits per heavy atom. The summed E-state index contributed by atoms with van der Waals surface area (Å²) in [5, 5.41) is 2.96. The number of aromatic nitrogens is 1. The molecular weight excluding hydrogens is 258 g/mol. The Kier molecular flexibility index (Phi) is 5.06. The summed E-state index contributed by atoms with van der Waals surface area (Å²) in [5.74, 6) is -0.158. The van der Waals surface area contributed by atoms with Crippen LogP contribution in [0.2, 0.25) is 0 Å². The van der Waals surface area contributed by atoms with Crippen molar-refractivity contribution in [1.82, 2.24) is 15.2 Å². The molecule has 6 heteroatoms. The molecule has 6 nitrogen and oxygen atoms in total. The van der Waals surface area contributed by atoms with E-state index in [0.29, 0.717) is 18.8 Å². The molecule has 0 spiro atoms. The maximum absolute atomic E-state index is 12.0. The van der Waals surface area contributed by atoms with Gasteiger partial charge in [-0.25, -0.2) is 0 Å². The van der Waals surface area contributed by atoms with Crippen molar-refractivity contribution in [3.63, 3.8) is 0 Å². The maximum Gasteiger partial charge on any atom is 0.270 e. The van der Waals surface area contributed by atoms with Crippen molar-refractivity contribution < 1.29 is 14.3 Å². The van der Waals surface area contributed by atoms with Gasteiger partial charge in [0.1, 0.15) is 12.3 Å². The molecule has 1 N–H and O–H groups in total. The van der Waals surface area contributed by atoms with Gasteiger partial charge in [0, 0.05) is 32.4 Å². The second kappa shape index (κ2) is 7.00. The van der Waals surface area contributed by atoms with Crippen molar-refractivity contribution in [3.05, 3.63) is 30.1 Å². The van der Waals surface area contributed by atoms with Crippen molar-refractivity contribution in [2.24, 2.45) is 0 Å². The molecule has 2 rings (SSSR count). The van der Waals surface area contributed by atoms with Gasteiger partial charge in [-0.3, -0.25) is 14.6 Å². The van der Waals surface area contributed by atoms with E-state index in [4.69, 9.17) is 4.74 Å². The van der Waals surface area contributed by atoms with Crippen molar-refractivity contribution in [2.45, 2.75) is 18.9 Å². The van der Waals surface area contributed by atoms with Gasteiger partial charge in [0.2, 0.25) is 5.91 Å². The highest BCUT2D eigenvalue weighted by Gasteiger charge is 2.24. The molecule has 20 heavy (non-hydrogen) atoms. The van der Waals surface area contributed by atoms with E-state index in [2.05, 4.69) is 10.3 Å². The minimum Gasteiger partial charge on any atom is -0.375 e. The molecule has 1 aliphatic heterocycles. The first kappa shape index (κ1) is 14.5. The molecule has 0 atom stereocenters. The third kappa shape index (κ3) is 3.77. The zero-order valence-corrected chi connectivity index (χ0v) is 11.5. The minimum atomic E-state index is -0.160. The molecular formula is C14H19N3O3. The predicted octanol–water partition coefficient (Wildman–Crippen LogP) is 0.449. The van der Waals surface area contributed by atoms with Gasteiger partial charge in [-0.15, -0.1) is 0 Å². The number of methoxy groups -OCH3 is 1. The van der Waals surface area contributed by atoms with E-state index >= 15 is 0 Å². The monoisotopic (exact) mass is 277 g/mol. The molecule has 1 fully saturated rings. The van der Waals surface area contributed by atoms with E-state index < -0.39 is 0 Å². The Morgan fingerprint density at radius 2 is 2.15 bits per heavy atom. The number of piperidine rings is 1. The van der Waals surface area contributed by atoms with E-state index in [0.717, 1.165) is 12.8 Å². The summed E-state index contributed by atoms with van der Waals surface area (Å²) in [5.41, 5.74) is 0.422. The van der Waals surface area contributed by atoms with Crippen LogP contribution in [0.25, 0.3) is 0 Å². The number of likely N-dealkylation sites (tertiary alicyclic amines) is 1. The lowest BCUT2D eigenvalue weighted by Crippen LogP contribution is -2.47. The van der Waals surface area contributed by atoms with Gasteiger partial charge in [0.15, 0.2) is 0 Å². The Balaban J connectivity index is 1.80. The second-order valence-electron chi connectivity index (χ2n) is 4.78. The lowest BCUT2D eigenvalue weighted by atomic mass is 10.0. The summed E-state index contributed by atoms with van der Waals surface area (Å²) >= 11 is 0. The predicted molar refractivity (Wildman–Crippen MR) is 73.2 cm³/mol. The SMILES string of the molecule is COCC(=O)N1CCC(NC(=O)c2ccccn2)CC1. The molecule has 0 aromatic carbocycles. The van der Waals surface area contributed by atoms with Gasteiger partial charge < -0.3 is 15.0 Å². The molecule has 2 heterocycles. The number of rotatable bonds is 4. The van der Waals surface area contributed by atoms with Crippen molar-refractivity contribution in [3.8, 4) is 0 Å². The molecule has 0 radical (unpaired) electrons. The van der Waals surface area contributed by atoms with Crippen LogP contribution in [0.1, 0.15) is 23.3 Å². The van der Waals surface area contributed by atoms with Crippen LogP contribution in [0.3, 0.4) is 0 Å². The number of ether oxygens (including phenoxy) is 1. The number of pyridine rings is 1. The Labute approximate surface area is 118 Å². The van der Waals surface area contributed by atoms with E-state index in [1.807, 2.05) is 0 Å². The summed E-state index contributed by atoms with van der Waals surface area (Å²) < 4.78 is 4.84. The number of amides is 2. The van der Waals surface area contributed by atoms with Crippen LogP contribution in [-0.4, -0.2) is 54.5 Å². The minimum absolute atomic E-state index is 0.00185. The second-order valence-corrected chi connectivity index (χ2v) is 4.78. The Bertz CT molecular complexity index is 456. The van der Waals surface area contributed by atoms with Gasteiger partial charge in [-0.05, 0) is 25.0 Å². The summed E-state index contributed by atoms with van der Waals surface area (Å²) in [7, 11) is 1.51. The third-order valence-electron chi connectivity index (χ3n) is 3.35.